The summed E-state index contributed by atoms with van der Waals surface area (Å²) in [7, 11) is 0. The largest absolute Gasteiger partial charge is 0.338 e. The van der Waals surface area contributed by atoms with Crippen LogP contribution in [0.2, 0.25) is 0 Å². The average molecular weight is 252 g/mol. The molecular formula is C15H28N2O. The molecule has 0 unspecified atom stereocenters. The van der Waals surface area contributed by atoms with E-state index in [9.17, 15) is 4.79 Å². The predicted octanol–water partition coefficient (Wildman–Crippen LogP) is 2.56. The van der Waals surface area contributed by atoms with E-state index in [0.717, 1.165) is 13.1 Å². The first-order chi connectivity index (χ1) is 8.32. The monoisotopic (exact) mass is 252 g/mol. The third-order valence-corrected chi connectivity index (χ3v) is 4.42. The van der Waals surface area contributed by atoms with Gasteiger partial charge in [-0.1, -0.05) is 33.1 Å². The normalized spacial score (nSPS) is 29.1. The molecule has 0 spiro atoms. The first kappa shape index (κ1) is 13.9. The molecule has 1 amide bonds. The second kappa shape index (κ2) is 4.84. The molecule has 2 aliphatic rings. The second-order valence-electron chi connectivity index (χ2n) is 7.37. The van der Waals surface area contributed by atoms with Crippen molar-refractivity contribution < 1.29 is 4.79 Å². The molecular weight excluding hydrogens is 224 g/mol. The van der Waals surface area contributed by atoms with Crippen molar-refractivity contribution in [3.63, 3.8) is 0 Å². The van der Waals surface area contributed by atoms with Gasteiger partial charge in [-0.3, -0.25) is 4.79 Å². The molecule has 0 aromatic heterocycles. The molecule has 2 rings (SSSR count). The Morgan fingerprint density at radius 3 is 2.33 bits per heavy atom. The number of nitrogens with one attached hydrogen (secondary N) is 1. The van der Waals surface area contributed by atoms with Gasteiger partial charge in [0.2, 0.25) is 5.91 Å². The molecule has 1 saturated carbocycles. The lowest BCUT2D eigenvalue weighted by molar-refractivity contribution is -0.139. The third kappa shape index (κ3) is 2.87. The summed E-state index contributed by atoms with van der Waals surface area (Å²) in [6.45, 7) is 10.4. The maximum absolute atomic E-state index is 12.7. The summed E-state index contributed by atoms with van der Waals surface area (Å²) in [5.41, 5.74) is -0.244. The minimum Gasteiger partial charge on any atom is -0.338 e. The number of rotatable bonds is 1. The standard InChI is InChI=1S/C15H28N2O/c1-14(2)10-16-15(3,4)13(18)17(11-14)12-8-6-5-7-9-12/h12,16H,5-11H2,1-4H3. The Morgan fingerprint density at radius 2 is 1.72 bits per heavy atom. The molecule has 2 fully saturated rings. The quantitative estimate of drug-likeness (QED) is 0.778. The number of carbonyl (C=O) groups excluding carboxylic acids is 1. The van der Waals surface area contributed by atoms with Crippen molar-refractivity contribution in [1.82, 2.24) is 10.2 Å². The lowest BCUT2D eigenvalue weighted by Gasteiger charge is -2.39. The molecule has 0 aromatic carbocycles. The van der Waals surface area contributed by atoms with E-state index < -0.39 is 5.54 Å². The van der Waals surface area contributed by atoms with Crippen LogP contribution >= 0.6 is 0 Å². The van der Waals surface area contributed by atoms with Crippen molar-refractivity contribution in [2.24, 2.45) is 5.41 Å². The van der Waals surface area contributed by atoms with E-state index >= 15 is 0 Å². The zero-order chi connectivity index (χ0) is 13.4. The first-order valence-electron chi connectivity index (χ1n) is 7.38. The number of nitrogens with zero attached hydrogens (tertiary/aromatic N) is 1. The minimum absolute atomic E-state index is 0.168. The van der Waals surface area contributed by atoms with Gasteiger partial charge in [-0.05, 0) is 32.1 Å². The number of amides is 1. The van der Waals surface area contributed by atoms with E-state index in [4.69, 9.17) is 0 Å². The molecule has 1 aliphatic carbocycles. The molecule has 0 atom stereocenters. The highest BCUT2D eigenvalue weighted by molar-refractivity contribution is 5.86. The molecule has 1 heterocycles. The van der Waals surface area contributed by atoms with Gasteiger partial charge in [0.1, 0.15) is 0 Å². The van der Waals surface area contributed by atoms with Gasteiger partial charge in [0.15, 0.2) is 0 Å². The fraction of sp³-hybridized carbons (Fsp3) is 0.933. The van der Waals surface area contributed by atoms with Crippen LogP contribution in [0.15, 0.2) is 0 Å². The van der Waals surface area contributed by atoms with Gasteiger partial charge in [-0.2, -0.15) is 0 Å². The van der Waals surface area contributed by atoms with Crippen LogP contribution in [-0.2, 0) is 4.79 Å². The van der Waals surface area contributed by atoms with Gasteiger partial charge in [-0.15, -0.1) is 0 Å². The highest BCUT2D eigenvalue weighted by Gasteiger charge is 2.41. The minimum atomic E-state index is -0.411. The molecule has 3 nitrogen and oxygen atoms in total. The van der Waals surface area contributed by atoms with Gasteiger partial charge < -0.3 is 10.2 Å². The van der Waals surface area contributed by atoms with E-state index in [0.29, 0.717) is 11.9 Å². The van der Waals surface area contributed by atoms with Crippen LogP contribution in [0, 0.1) is 5.41 Å². The molecule has 0 aromatic rings. The van der Waals surface area contributed by atoms with Gasteiger partial charge in [0, 0.05) is 19.1 Å². The van der Waals surface area contributed by atoms with Crippen molar-refractivity contribution in [3.05, 3.63) is 0 Å². The summed E-state index contributed by atoms with van der Waals surface area (Å²) in [6, 6.07) is 0.477. The average Bonchev–Trinajstić information content (AvgIpc) is 2.41. The van der Waals surface area contributed by atoms with Crippen LogP contribution in [0.25, 0.3) is 0 Å². The van der Waals surface area contributed by atoms with Gasteiger partial charge in [0.05, 0.1) is 5.54 Å². The number of hydrogen-bond acceptors (Lipinski definition) is 2. The smallest absolute Gasteiger partial charge is 0.242 e. The van der Waals surface area contributed by atoms with Crippen LogP contribution < -0.4 is 5.32 Å². The Labute approximate surface area is 111 Å². The lowest BCUT2D eigenvalue weighted by Crippen LogP contribution is -2.54. The Bertz CT molecular complexity index is 316. The van der Waals surface area contributed by atoms with Crippen molar-refractivity contribution in [2.75, 3.05) is 13.1 Å². The van der Waals surface area contributed by atoms with Crippen LogP contribution in [-0.4, -0.2) is 35.5 Å². The topological polar surface area (TPSA) is 32.3 Å². The predicted molar refractivity (Wildman–Crippen MR) is 74.4 cm³/mol. The lowest BCUT2D eigenvalue weighted by atomic mass is 9.89. The number of hydrogen-bond donors (Lipinski definition) is 1. The van der Waals surface area contributed by atoms with E-state index in [1.54, 1.807) is 0 Å². The molecule has 1 N–H and O–H groups in total. The van der Waals surface area contributed by atoms with Crippen LogP contribution in [0.1, 0.15) is 59.8 Å². The van der Waals surface area contributed by atoms with E-state index in [1.165, 1.54) is 32.1 Å². The van der Waals surface area contributed by atoms with E-state index in [1.807, 2.05) is 13.8 Å². The van der Waals surface area contributed by atoms with Crippen molar-refractivity contribution in [1.29, 1.82) is 0 Å². The molecule has 0 bridgehead atoms. The Hall–Kier alpha value is -0.570. The van der Waals surface area contributed by atoms with Gasteiger partial charge in [0.25, 0.3) is 0 Å². The molecule has 1 saturated heterocycles. The zero-order valence-electron chi connectivity index (χ0n) is 12.4. The van der Waals surface area contributed by atoms with E-state index in [-0.39, 0.29) is 5.41 Å². The third-order valence-electron chi connectivity index (χ3n) is 4.42. The van der Waals surface area contributed by atoms with Crippen LogP contribution in [0.4, 0.5) is 0 Å². The summed E-state index contributed by atoms with van der Waals surface area (Å²) in [4.78, 5) is 14.9. The maximum atomic E-state index is 12.7. The molecule has 104 valence electrons. The van der Waals surface area contributed by atoms with Crippen LogP contribution in [0.3, 0.4) is 0 Å². The summed E-state index contributed by atoms with van der Waals surface area (Å²) in [5.74, 6) is 0.292. The van der Waals surface area contributed by atoms with Crippen molar-refractivity contribution in [3.8, 4) is 0 Å². The number of carbonyl (C=O) groups is 1. The Morgan fingerprint density at radius 1 is 1.11 bits per heavy atom. The first-order valence-corrected chi connectivity index (χ1v) is 7.38. The molecule has 1 aliphatic heterocycles. The Kier molecular flexibility index (Phi) is 3.72. The zero-order valence-corrected chi connectivity index (χ0v) is 12.4. The molecule has 3 heteroatoms. The maximum Gasteiger partial charge on any atom is 0.242 e. The molecule has 0 radical (unpaired) electrons. The summed E-state index contributed by atoms with van der Waals surface area (Å²) < 4.78 is 0. The van der Waals surface area contributed by atoms with Gasteiger partial charge >= 0.3 is 0 Å². The highest BCUT2D eigenvalue weighted by Crippen LogP contribution is 2.30. The summed E-state index contributed by atoms with van der Waals surface area (Å²) in [6.07, 6.45) is 6.28. The fourth-order valence-electron chi connectivity index (χ4n) is 3.17. The molecule has 18 heavy (non-hydrogen) atoms. The fourth-order valence-corrected chi connectivity index (χ4v) is 3.17. The summed E-state index contributed by atoms with van der Waals surface area (Å²) in [5, 5.41) is 3.44. The van der Waals surface area contributed by atoms with Crippen LogP contribution in [0.5, 0.6) is 0 Å². The van der Waals surface area contributed by atoms with E-state index in [2.05, 4.69) is 24.1 Å². The van der Waals surface area contributed by atoms with Crippen molar-refractivity contribution >= 4 is 5.91 Å². The highest BCUT2D eigenvalue weighted by atomic mass is 16.2. The van der Waals surface area contributed by atoms with Crippen molar-refractivity contribution in [2.45, 2.75) is 71.4 Å². The second-order valence-corrected chi connectivity index (χ2v) is 7.37. The SMILES string of the molecule is CC1(C)CNC(C)(C)C(=O)N(C2CCCCC2)C1. The van der Waals surface area contributed by atoms with Gasteiger partial charge in [-0.25, -0.2) is 0 Å². The summed E-state index contributed by atoms with van der Waals surface area (Å²) >= 11 is 0. The Balaban J connectivity index is 2.20.